The quantitative estimate of drug-likeness (QED) is 0.663. The normalized spacial score (nSPS) is 16.5. The number of ether oxygens (including phenoxy) is 1. The third kappa shape index (κ3) is 5.71. The maximum absolute atomic E-state index is 12.9. The van der Waals surface area contributed by atoms with Crippen molar-refractivity contribution >= 4 is 21.9 Å². The van der Waals surface area contributed by atoms with Crippen LogP contribution in [0.1, 0.15) is 36.4 Å². The molecule has 1 heterocycles. The second-order valence-electron chi connectivity index (χ2n) is 7.74. The summed E-state index contributed by atoms with van der Waals surface area (Å²) in [5.41, 5.74) is 1.81. The van der Waals surface area contributed by atoms with Crippen LogP contribution in [0.2, 0.25) is 0 Å². The fourth-order valence-electron chi connectivity index (χ4n) is 3.69. The highest BCUT2D eigenvalue weighted by Gasteiger charge is 2.33. The van der Waals surface area contributed by atoms with Crippen molar-refractivity contribution in [3.63, 3.8) is 0 Å². The number of methoxy groups -OCH3 is 1. The number of hydrogen-bond donors (Lipinski definition) is 1. The fourth-order valence-corrected chi connectivity index (χ4v) is 5.16. The van der Waals surface area contributed by atoms with E-state index >= 15 is 0 Å². The Hall–Kier alpha value is -2.71. The minimum atomic E-state index is -3.57. The summed E-state index contributed by atoms with van der Waals surface area (Å²) < 4.78 is 31.9. The Kier molecular flexibility index (Phi) is 7.46. The lowest BCUT2D eigenvalue weighted by atomic mass is 9.95. The van der Waals surface area contributed by atoms with E-state index < -0.39 is 22.0 Å². The van der Waals surface area contributed by atoms with Crippen LogP contribution < -0.4 is 5.32 Å². The van der Waals surface area contributed by atoms with Gasteiger partial charge in [0.2, 0.25) is 15.9 Å². The number of nitrogens with one attached hydrogen (secondary N) is 1. The molecule has 3 rings (SSSR count). The van der Waals surface area contributed by atoms with Gasteiger partial charge in [0.1, 0.15) is 0 Å². The third-order valence-corrected chi connectivity index (χ3v) is 7.51. The Labute approximate surface area is 183 Å². The number of sulfonamides is 1. The molecule has 0 aromatic heterocycles. The Morgan fingerprint density at radius 3 is 2.26 bits per heavy atom. The molecule has 1 atom stereocenters. The van der Waals surface area contributed by atoms with Crippen molar-refractivity contribution in [1.82, 2.24) is 9.62 Å². The van der Waals surface area contributed by atoms with E-state index in [2.05, 4.69) is 5.32 Å². The molecule has 1 aliphatic heterocycles. The van der Waals surface area contributed by atoms with E-state index in [0.717, 1.165) is 11.1 Å². The molecule has 1 N–H and O–H groups in total. The summed E-state index contributed by atoms with van der Waals surface area (Å²) in [7, 11) is -2.26. The molecule has 166 valence electrons. The number of rotatable bonds is 7. The maximum Gasteiger partial charge on any atom is 0.307 e. The molecule has 31 heavy (non-hydrogen) atoms. The number of amides is 1. The van der Waals surface area contributed by atoms with E-state index in [9.17, 15) is 18.0 Å². The van der Waals surface area contributed by atoms with Gasteiger partial charge in [-0.05, 0) is 37.5 Å². The van der Waals surface area contributed by atoms with E-state index in [0.29, 0.717) is 12.8 Å². The van der Waals surface area contributed by atoms with Crippen LogP contribution in [0.5, 0.6) is 0 Å². The van der Waals surface area contributed by atoms with Crippen LogP contribution in [0.4, 0.5) is 0 Å². The summed E-state index contributed by atoms with van der Waals surface area (Å²) in [6, 6.07) is 15.5. The molecular formula is C23H28N2O5S. The third-order valence-electron chi connectivity index (χ3n) is 5.60. The zero-order valence-corrected chi connectivity index (χ0v) is 18.6. The summed E-state index contributed by atoms with van der Waals surface area (Å²) in [5, 5.41) is 2.95. The van der Waals surface area contributed by atoms with Crippen molar-refractivity contribution in [2.24, 2.45) is 5.92 Å². The summed E-state index contributed by atoms with van der Waals surface area (Å²) in [6.45, 7) is 2.46. The van der Waals surface area contributed by atoms with Gasteiger partial charge in [0, 0.05) is 19.0 Å². The molecule has 1 saturated heterocycles. The van der Waals surface area contributed by atoms with Crippen LogP contribution >= 0.6 is 0 Å². The predicted octanol–water partition coefficient (Wildman–Crippen LogP) is 2.82. The average molecular weight is 445 g/mol. The molecule has 0 saturated carbocycles. The van der Waals surface area contributed by atoms with Crippen LogP contribution in [0.3, 0.4) is 0 Å². The van der Waals surface area contributed by atoms with Crippen LogP contribution in [-0.2, 0) is 24.3 Å². The number of hydrogen-bond acceptors (Lipinski definition) is 5. The van der Waals surface area contributed by atoms with Gasteiger partial charge in [-0.2, -0.15) is 4.31 Å². The molecule has 1 unspecified atom stereocenters. The van der Waals surface area contributed by atoms with Gasteiger partial charge >= 0.3 is 5.97 Å². The molecule has 0 bridgehead atoms. The van der Waals surface area contributed by atoms with Crippen molar-refractivity contribution in [3.05, 3.63) is 65.7 Å². The van der Waals surface area contributed by atoms with Gasteiger partial charge in [-0.1, -0.05) is 48.0 Å². The molecule has 0 aliphatic carbocycles. The summed E-state index contributed by atoms with van der Waals surface area (Å²) in [4.78, 5) is 25.0. The van der Waals surface area contributed by atoms with Crippen molar-refractivity contribution in [2.45, 2.75) is 37.1 Å². The first kappa shape index (κ1) is 23.0. The van der Waals surface area contributed by atoms with Gasteiger partial charge in [0.15, 0.2) is 0 Å². The number of aryl methyl sites for hydroxylation is 1. The smallest absolute Gasteiger partial charge is 0.307 e. The lowest BCUT2D eigenvalue weighted by Gasteiger charge is -2.31. The summed E-state index contributed by atoms with van der Waals surface area (Å²) in [5.74, 6) is -0.897. The molecule has 2 aromatic rings. The number of piperidine rings is 1. The zero-order valence-electron chi connectivity index (χ0n) is 17.8. The van der Waals surface area contributed by atoms with Crippen molar-refractivity contribution < 1.29 is 22.7 Å². The second kappa shape index (κ2) is 10.1. The molecule has 0 spiro atoms. The van der Waals surface area contributed by atoms with E-state index in [1.165, 1.54) is 11.4 Å². The van der Waals surface area contributed by atoms with E-state index in [1.54, 1.807) is 24.3 Å². The standard InChI is InChI=1S/C23H28N2O5S/c1-17-8-10-20(11-9-17)31(28,29)25-14-12-19(13-15-25)23(27)24-21(16-22(26)30-2)18-6-4-3-5-7-18/h3-11,19,21H,12-16H2,1-2H3,(H,24,27). The number of nitrogens with zero attached hydrogens (tertiary/aromatic N) is 1. The van der Waals surface area contributed by atoms with Crippen LogP contribution in [0, 0.1) is 12.8 Å². The van der Waals surface area contributed by atoms with E-state index in [4.69, 9.17) is 4.74 Å². The monoisotopic (exact) mass is 444 g/mol. The molecule has 8 heteroatoms. The Bertz CT molecular complexity index is 998. The molecule has 1 fully saturated rings. The first-order valence-electron chi connectivity index (χ1n) is 10.3. The van der Waals surface area contributed by atoms with Gasteiger partial charge in [0.05, 0.1) is 24.5 Å². The minimum absolute atomic E-state index is 0.0346. The molecule has 1 aliphatic rings. The van der Waals surface area contributed by atoms with E-state index in [-0.39, 0.29) is 36.2 Å². The van der Waals surface area contributed by atoms with Gasteiger partial charge in [0.25, 0.3) is 0 Å². The summed E-state index contributed by atoms with van der Waals surface area (Å²) in [6.07, 6.45) is 0.889. The Morgan fingerprint density at radius 1 is 1.06 bits per heavy atom. The van der Waals surface area contributed by atoms with Crippen molar-refractivity contribution in [1.29, 1.82) is 0 Å². The highest BCUT2D eigenvalue weighted by molar-refractivity contribution is 7.89. The Morgan fingerprint density at radius 2 is 1.68 bits per heavy atom. The van der Waals surface area contributed by atoms with Crippen molar-refractivity contribution in [3.8, 4) is 0 Å². The maximum atomic E-state index is 12.9. The zero-order chi connectivity index (χ0) is 22.4. The topological polar surface area (TPSA) is 92.8 Å². The molecule has 7 nitrogen and oxygen atoms in total. The van der Waals surface area contributed by atoms with Crippen LogP contribution in [0.25, 0.3) is 0 Å². The minimum Gasteiger partial charge on any atom is -0.469 e. The molecule has 1 amide bonds. The number of carbonyl (C=O) groups excluding carboxylic acids is 2. The first-order valence-corrected chi connectivity index (χ1v) is 11.7. The number of benzene rings is 2. The van der Waals surface area contributed by atoms with Gasteiger partial charge < -0.3 is 10.1 Å². The number of esters is 1. The van der Waals surface area contributed by atoms with E-state index in [1.807, 2.05) is 37.3 Å². The summed E-state index contributed by atoms with van der Waals surface area (Å²) >= 11 is 0. The Balaban J connectivity index is 1.63. The second-order valence-corrected chi connectivity index (χ2v) is 9.68. The van der Waals surface area contributed by atoms with Gasteiger partial charge in [-0.25, -0.2) is 8.42 Å². The molecular weight excluding hydrogens is 416 g/mol. The first-order chi connectivity index (χ1) is 14.8. The highest BCUT2D eigenvalue weighted by atomic mass is 32.2. The lowest BCUT2D eigenvalue weighted by molar-refractivity contribution is -0.141. The molecule has 0 radical (unpaired) electrons. The van der Waals surface area contributed by atoms with Gasteiger partial charge in [-0.3, -0.25) is 9.59 Å². The largest absolute Gasteiger partial charge is 0.469 e. The predicted molar refractivity (Wildman–Crippen MR) is 117 cm³/mol. The highest BCUT2D eigenvalue weighted by Crippen LogP contribution is 2.26. The molecule has 2 aromatic carbocycles. The average Bonchev–Trinajstić information content (AvgIpc) is 2.79. The number of carbonyl (C=O) groups is 2. The van der Waals surface area contributed by atoms with Crippen LogP contribution in [0.15, 0.2) is 59.5 Å². The van der Waals surface area contributed by atoms with Crippen molar-refractivity contribution in [2.75, 3.05) is 20.2 Å². The van der Waals surface area contributed by atoms with Crippen LogP contribution in [-0.4, -0.2) is 44.8 Å². The fraction of sp³-hybridized carbons (Fsp3) is 0.391. The lowest BCUT2D eigenvalue weighted by Crippen LogP contribution is -2.43. The SMILES string of the molecule is COC(=O)CC(NC(=O)C1CCN(S(=O)(=O)c2ccc(C)cc2)CC1)c1ccccc1. The van der Waals surface area contributed by atoms with Gasteiger partial charge in [-0.15, -0.1) is 0 Å².